The zero-order chi connectivity index (χ0) is 26.0. The van der Waals surface area contributed by atoms with Crippen molar-refractivity contribution < 1.29 is 18.0 Å². The molecule has 2 aromatic heterocycles. The van der Waals surface area contributed by atoms with Crippen molar-refractivity contribution in [2.75, 3.05) is 19.4 Å². The smallest absolute Gasteiger partial charge is 0.362 e. The van der Waals surface area contributed by atoms with Crippen LogP contribution >= 0.6 is 0 Å². The molecule has 3 heterocycles. The lowest BCUT2D eigenvalue weighted by Gasteiger charge is -2.25. The molecule has 1 unspecified atom stereocenters. The van der Waals surface area contributed by atoms with Gasteiger partial charge < -0.3 is 10.2 Å². The van der Waals surface area contributed by atoms with Crippen LogP contribution in [0, 0.1) is 6.92 Å². The van der Waals surface area contributed by atoms with E-state index in [4.69, 9.17) is 0 Å². The molecule has 3 rings (SSSR count). The molecule has 9 heteroatoms. The molecule has 0 saturated carbocycles. The Labute approximate surface area is 205 Å². The number of hydrogen-bond acceptors (Lipinski definition) is 4. The molecular weight excluding hydrogens is 455 g/mol. The summed E-state index contributed by atoms with van der Waals surface area (Å²) < 4.78 is 42.1. The third-order valence-corrected chi connectivity index (χ3v) is 5.18. The van der Waals surface area contributed by atoms with Gasteiger partial charge in [0.25, 0.3) is 0 Å². The highest BCUT2D eigenvalue weighted by Crippen LogP contribution is 2.33. The Kier molecular flexibility index (Phi) is 10.3. The zero-order valence-electron chi connectivity index (χ0n) is 20.9. The third-order valence-electron chi connectivity index (χ3n) is 5.18. The summed E-state index contributed by atoms with van der Waals surface area (Å²) in [5.74, 6) is 0.783. The van der Waals surface area contributed by atoms with Gasteiger partial charge in [-0.2, -0.15) is 18.3 Å². The Hall–Kier alpha value is -3.36. The number of allylic oxidation sites excluding steroid dienone is 6. The predicted octanol–water partition coefficient (Wildman–Crippen LogP) is 6.10. The van der Waals surface area contributed by atoms with E-state index < -0.39 is 11.7 Å². The number of amides is 1. The number of anilines is 1. The van der Waals surface area contributed by atoms with E-state index in [2.05, 4.69) is 15.4 Å². The molecule has 1 aliphatic heterocycles. The molecule has 1 N–H and O–H groups in total. The fourth-order valence-electron chi connectivity index (χ4n) is 3.60. The highest BCUT2D eigenvalue weighted by Gasteiger charge is 2.32. The summed E-state index contributed by atoms with van der Waals surface area (Å²) in [6, 6.07) is 5.81. The van der Waals surface area contributed by atoms with Crippen LogP contribution in [0.25, 0.3) is 5.57 Å². The first-order valence-electron chi connectivity index (χ1n) is 11.6. The Morgan fingerprint density at radius 3 is 2.60 bits per heavy atom. The number of hydrogen-bond donors (Lipinski definition) is 1. The van der Waals surface area contributed by atoms with Crippen molar-refractivity contribution in [3.05, 3.63) is 71.2 Å². The largest absolute Gasteiger partial charge is 0.416 e. The number of carbonyl (C=O) groups is 1. The molecule has 0 saturated heterocycles. The number of carbonyl (C=O) groups excluding carboxylic acids is 1. The summed E-state index contributed by atoms with van der Waals surface area (Å²) in [6.45, 7) is 6.23. The molecule has 2 aromatic rings. The standard InChI is InChI=1S/C23H27F3N4.C3H7NO/c1-4-7-17(14-18(8-5-2)23(24,25)26)20-15-21-19(9-6-12-30(21)29-20)28-22-13-16(3)10-11-27-22;1-4(2)3-5/h4,7-8,10-11,13-15,19H,5-6,9,12H2,1-3H3,(H,27,28);3H,1-2H3/b7-4-,17-14+,18-8-;. The minimum absolute atomic E-state index is 0.00873. The molecule has 35 heavy (non-hydrogen) atoms. The number of aromatic nitrogens is 3. The van der Waals surface area contributed by atoms with Gasteiger partial charge in [-0.05, 0) is 62.9 Å². The minimum atomic E-state index is -4.40. The second-order valence-electron chi connectivity index (χ2n) is 8.47. The number of nitrogens with one attached hydrogen (secondary N) is 1. The third kappa shape index (κ3) is 8.42. The maximum Gasteiger partial charge on any atom is 0.416 e. The Balaban J connectivity index is 0.000000784. The van der Waals surface area contributed by atoms with Gasteiger partial charge in [-0.15, -0.1) is 0 Å². The normalized spacial score (nSPS) is 16.4. The van der Waals surface area contributed by atoms with Crippen molar-refractivity contribution in [3.63, 3.8) is 0 Å². The van der Waals surface area contributed by atoms with Gasteiger partial charge in [-0.3, -0.25) is 9.48 Å². The number of alkyl halides is 3. The average molecular weight is 490 g/mol. The Morgan fingerprint density at radius 1 is 1.31 bits per heavy atom. The van der Waals surface area contributed by atoms with Crippen LogP contribution in [0.3, 0.4) is 0 Å². The van der Waals surface area contributed by atoms with Crippen molar-refractivity contribution in [3.8, 4) is 0 Å². The molecule has 0 radical (unpaired) electrons. The summed E-state index contributed by atoms with van der Waals surface area (Å²) in [5.41, 5.74) is 2.41. The predicted molar refractivity (Wildman–Crippen MR) is 134 cm³/mol. The molecule has 190 valence electrons. The van der Waals surface area contributed by atoms with E-state index in [1.165, 1.54) is 17.1 Å². The summed E-state index contributed by atoms with van der Waals surface area (Å²) in [4.78, 5) is 15.2. The summed E-state index contributed by atoms with van der Waals surface area (Å²) in [6.07, 6.45) is 6.05. The highest BCUT2D eigenvalue weighted by atomic mass is 19.4. The van der Waals surface area contributed by atoms with Crippen LogP contribution in [0.5, 0.6) is 0 Å². The Morgan fingerprint density at radius 2 is 2.03 bits per heavy atom. The van der Waals surface area contributed by atoms with Crippen LogP contribution in [0.1, 0.15) is 56.1 Å². The highest BCUT2D eigenvalue weighted by molar-refractivity contribution is 5.74. The maximum absolute atomic E-state index is 13.4. The number of rotatable bonds is 7. The van der Waals surface area contributed by atoms with Crippen LogP contribution < -0.4 is 5.32 Å². The second-order valence-corrected chi connectivity index (χ2v) is 8.47. The van der Waals surface area contributed by atoms with Crippen LogP contribution in [-0.2, 0) is 11.3 Å². The van der Waals surface area contributed by atoms with Gasteiger partial charge in [-0.25, -0.2) is 4.98 Å². The number of pyridine rings is 1. The minimum Gasteiger partial charge on any atom is -0.362 e. The van der Waals surface area contributed by atoms with E-state index in [0.717, 1.165) is 42.9 Å². The first-order valence-corrected chi connectivity index (χ1v) is 11.6. The van der Waals surface area contributed by atoms with Gasteiger partial charge in [0.15, 0.2) is 0 Å². The zero-order valence-corrected chi connectivity index (χ0v) is 20.9. The van der Waals surface area contributed by atoms with Gasteiger partial charge in [0.2, 0.25) is 6.41 Å². The molecule has 1 aliphatic rings. The van der Waals surface area contributed by atoms with Gasteiger partial charge in [0, 0.05) is 32.4 Å². The SMILES string of the molecule is CN(C)C=O.C\C=C/C(=C\C(=C\CC)C(F)(F)F)c1cc2n(n1)CCCC2Nc1cc(C)ccn1. The van der Waals surface area contributed by atoms with E-state index in [-0.39, 0.29) is 6.04 Å². The number of nitrogens with zero attached hydrogens (tertiary/aromatic N) is 4. The van der Waals surface area contributed by atoms with E-state index in [9.17, 15) is 18.0 Å². The summed E-state index contributed by atoms with van der Waals surface area (Å²) in [5, 5.41) is 8.06. The Bertz CT molecular complexity index is 1070. The molecule has 6 nitrogen and oxygen atoms in total. The van der Waals surface area contributed by atoms with Gasteiger partial charge in [-0.1, -0.05) is 25.2 Å². The quantitative estimate of drug-likeness (QED) is 0.377. The molecule has 0 aliphatic carbocycles. The van der Waals surface area contributed by atoms with Gasteiger partial charge in [0.1, 0.15) is 5.82 Å². The lowest BCUT2D eigenvalue weighted by Crippen LogP contribution is -2.22. The summed E-state index contributed by atoms with van der Waals surface area (Å²) in [7, 11) is 3.38. The molecule has 0 aromatic carbocycles. The molecule has 0 spiro atoms. The number of aryl methyl sites for hydroxylation is 2. The van der Waals surface area contributed by atoms with E-state index in [1.54, 1.807) is 46.3 Å². The number of fused-ring (bicyclic) bond motifs is 1. The maximum atomic E-state index is 13.4. The first-order chi connectivity index (χ1) is 16.6. The molecule has 1 amide bonds. The monoisotopic (exact) mass is 489 g/mol. The van der Waals surface area contributed by atoms with Crippen molar-refractivity contribution >= 4 is 17.8 Å². The van der Waals surface area contributed by atoms with Gasteiger partial charge >= 0.3 is 6.18 Å². The topological polar surface area (TPSA) is 63.1 Å². The summed E-state index contributed by atoms with van der Waals surface area (Å²) >= 11 is 0. The van der Waals surface area contributed by atoms with Crippen LogP contribution in [-0.4, -0.2) is 46.3 Å². The van der Waals surface area contributed by atoms with E-state index >= 15 is 0 Å². The lowest BCUT2D eigenvalue weighted by molar-refractivity contribution is -0.115. The van der Waals surface area contributed by atoms with Crippen molar-refractivity contribution in [1.82, 2.24) is 19.7 Å². The van der Waals surface area contributed by atoms with E-state index in [0.29, 0.717) is 17.7 Å². The molecule has 0 bridgehead atoms. The fraction of sp³-hybridized carbons (Fsp3) is 0.423. The van der Waals surface area contributed by atoms with Crippen molar-refractivity contribution in [1.29, 1.82) is 0 Å². The van der Waals surface area contributed by atoms with Crippen LogP contribution in [0.2, 0.25) is 0 Å². The van der Waals surface area contributed by atoms with E-state index in [1.807, 2.05) is 29.8 Å². The van der Waals surface area contributed by atoms with Crippen molar-refractivity contribution in [2.45, 2.75) is 58.8 Å². The average Bonchev–Trinajstić information content (AvgIpc) is 3.23. The van der Waals surface area contributed by atoms with Crippen LogP contribution in [0.4, 0.5) is 19.0 Å². The number of halogens is 3. The molecular formula is C26H34F3N5O. The first kappa shape index (κ1) is 27.9. The lowest BCUT2D eigenvalue weighted by atomic mass is 10.0. The van der Waals surface area contributed by atoms with Crippen LogP contribution in [0.15, 0.2) is 54.3 Å². The molecule has 0 fully saturated rings. The molecule has 1 atom stereocenters. The van der Waals surface area contributed by atoms with Crippen molar-refractivity contribution in [2.24, 2.45) is 0 Å². The fourth-order valence-corrected chi connectivity index (χ4v) is 3.60. The second kappa shape index (κ2) is 12.9. The van der Waals surface area contributed by atoms with Gasteiger partial charge in [0.05, 0.1) is 23.0 Å².